The maximum absolute atomic E-state index is 13.0. The molecule has 1 aromatic heterocycles. The molecule has 0 unspecified atom stereocenters. The number of amides is 1. The monoisotopic (exact) mass is 418 g/mol. The molecule has 3 aromatic rings. The van der Waals surface area contributed by atoms with E-state index >= 15 is 0 Å². The molecular weight excluding hydrogens is 392 g/mol. The van der Waals surface area contributed by atoms with E-state index in [0.717, 1.165) is 30.0 Å². The summed E-state index contributed by atoms with van der Waals surface area (Å²) in [5.74, 6) is -1.25. The lowest BCUT2D eigenvalue weighted by molar-refractivity contribution is -0.112. The Bertz CT molecular complexity index is 1120. The Labute approximate surface area is 181 Å². The van der Waals surface area contributed by atoms with Crippen LogP contribution in [-0.4, -0.2) is 47.8 Å². The van der Waals surface area contributed by atoms with Gasteiger partial charge in [0, 0.05) is 24.5 Å². The van der Waals surface area contributed by atoms with Gasteiger partial charge in [-0.15, -0.1) is 0 Å². The maximum Gasteiger partial charge on any atom is 0.296 e. The number of Topliss-reactive ketones (excluding diaryl/α,β-unsaturated/α-hetero) is 1. The van der Waals surface area contributed by atoms with E-state index in [1.165, 1.54) is 0 Å². The zero-order chi connectivity index (χ0) is 22.0. The Morgan fingerprint density at radius 3 is 2.35 bits per heavy atom. The summed E-state index contributed by atoms with van der Waals surface area (Å²) < 4.78 is 7.10. The first-order chi connectivity index (χ1) is 15.0. The molecule has 7 heteroatoms. The van der Waals surface area contributed by atoms with E-state index in [2.05, 4.69) is 15.3 Å². The zero-order valence-electron chi connectivity index (χ0n) is 18.0. The second-order valence-electron chi connectivity index (χ2n) is 7.68. The van der Waals surface area contributed by atoms with Crippen LogP contribution in [0.3, 0.4) is 0 Å². The minimum atomic E-state index is -0.666. The van der Waals surface area contributed by atoms with Gasteiger partial charge in [-0.3, -0.25) is 9.59 Å². The largest absolute Gasteiger partial charge is 0.378 e. The SMILES string of the molecule is Cc1cc(N2CCOCC2)ccc1NC(=O)C(=O)c1c(C)nn(-c2ccccc2)c1C. The summed E-state index contributed by atoms with van der Waals surface area (Å²) in [6.45, 7) is 8.57. The predicted octanol–water partition coefficient (Wildman–Crippen LogP) is 3.46. The van der Waals surface area contributed by atoms with Gasteiger partial charge in [0.05, 0.1) is 35.9 Å². The van der Waals surface area contributed by atoms with Crippen molar-refractivity contribution in [2.75, 3.05) is 36.5 Å². The van der Waals surface area contributed by atoms with Crippen LogP contribution in [0.4, 0.5) is 11.4 Å². The normalized spacial score (nSPS) is 13.8. The molecule has 0 atom stereocenters. The molecule has 0 spiro atoms. The minimum Gasteiger partial charge on any atom is -0.378 e. The van der Waals surface area contributed by atoms with Crippen molar-refractivity contribution in [1.29, 1.82) is 0 Å². The summed E-state index contributed by atoms with van der Waals surface area (Å²) in [4.78, 5) is 28.0. The summed E-state index contributed by atoms with van der Waals surface area (Å²) in [6.07, 6.45) is 0. The fraction of sp³-hybridized carbons (Fsp3) is 0.292. The number of nitrogens with zero attached hydrogens (tertiary/aromatic N) is 3. The van der Waals surface area contributed by atoms with Gasteiger partial charge in [-0.1, -0.05) is 18.2 Å². The van der Waals surface area contributed by atoms with Crippen LogP contribution in [0, 0.1) is 20.8 Å². The molecule has 0 bridgehead atoms. The lowest BCUT2D eigenvalue weighted by Crippen LogP contribution is -2.36. The Hall–Kier alpha value is -3.45. The summed E-state index contributed by atoms with van der Waals surface area (Å²) in [5.41, 5.74) is 4.96. The standard InChI is InChI=1S/C24H26N4O3/c1-16-15-20(27-11-13-31-14-12-27)9-10-21(16)25-24(30)23(29)22-17(2)26-28(18(22)3)19-7-5-4-6-8-19/h4-10,15H,11-14H2,1-3H3,(H,25,30). The van der Waals surface area contributed by atoms with Gasteiger partial charge in [0.25, 0.3) is 11.7 Å². The Balaban J connectivity index is 1.53. The van der Waals surface area contributed by atoms with Crippen LogP contribution in [0.15, 0.2) is 48.5 Å². The first-order valence-electron chi connectivity index (χ1n) is 10.4. The summed E-state index contributed by atoms with van der Waals surface area (Å²) in [5, 5.41) is 7.25. The highest BCUT2D eigenvalue weighted by Crippen LogP contribution is 2.24. The first kappa shape index (κ1) is 20.8. The predicted molar refractivity (Wildman–Crippen MR) is 120 cm³/mol. The van der Waals surface area contributed by atoms with Crippen LogP contribution < -0.4 is 10.2 Å². The summed E-state index contributed by atoms with van der Waals surface area (Å²) in [7, 11) is 0. The van der Waals surface area contributed by atoms with E-state index < -0.39 is 11.7 Å². The molecule has 2 aromatic carbocycles. The van der Waals surface area contributed by atoms with Crippen LogP contribution >= 0.6 is 0 Å². The number of benzene rings is 2. The fourth-order valence-electron chi connectivity index (χ4n) is 3.89. The third kappa shape index (κ3) is 4.22. The number of ketones is 1. The van der Waals surface area contributed by atoms with Crippen molar-refractivity contribution >= 4 is 23.1 Å². The van der Waals surface area contributed by atoms with Gasteiger partial charge < -0.3 is 15.0 Å². The van der Waals surface area contributed by atoms with Crippen LogP contribution in [0.1, 0.15) is 27.3 Å². The quantitative estimate of drug-likeness (QED) is 0.507. The number of aromatic nitrogens is 2. The number of nitrogens with one attached hydrogen (secondary N) is 1. The van der Waals surface area contributed by atoms with E-state index in [-0.39, 0.29) is 0 Å². The molecular formula is C24H26N4O3. The van der Waals surface area contributed by atoms with Crippen LogP contribution in [-0.2, 0) is 9.53 Å². The van der Waals surface area contributed by atoms with Crippen molar-refractivity contribution in [3.63, 3.8) is 0 Å². The van der Waals surface area contributed by atoms with Gasteiger partial charge in [-0.2, -0.15) is 5.10 Å². The van der Waals surface area contributed by atoms with Crippen molar-refractivity contribution in [1.82, 2.24) is 9.78 Å². The van der Waals surface area contributed by atoms with E-state index in [4.69, 9.17) is 4.74 Å². The van der Waals surface area contributed by atoms with Gasteiger partial charge in [0.2, 0.25) is 0 Å². The van der Waals surface area contributed by atoms with Gasteiger partial charge in [-0.05, 0) is 56.7 Å². The summed E-state index contributed by atoms with van der Waals surface area (Å²) >= 11 is 0. The average Bonchev–Trinajstić information content (AvgIpc) is 3.09. The topological polar surface area (TPSA) is 76.5 Å². The van der Waals surface area contributed by atoms with Crippen LogP contribution in [0.2, 0.25) is 0 Å². The van der Waals surface area contributed by atoms with Crippen molar-refractivity contribution in [3.8, 4) is 5.69 Å². The highest BCUT2D eigenvalue weighted by Gasteiger charge is 2.25. The van der Waals surface area contributed by atoms with Crippen molar-refractivity contribution in [2.45, 2.75) is 20.8 Å². The first-order valence-corrected chi connectivity index (χ1v) is 10.4. The Morgan fingerprint density at radius 2 is 1.68 bits per heavy atom. The number of anilines is 2. The molecule has 1 aliphatic heterocycles. The van der Waals surface area contributed by atoms with E-state index in [0.29, 0.717) is 35.9 Å². The molecule has 4 rings (SSSR count). The molecule has 160 valence electrons. The number of carbonyl (C=O) groups excluding carboxylic acids is 2. The zero-order valence-corrected chi connectivity index (χ0v) is 18.0. The van der Waals surface area contributed by atoms with E-state index in [9.17, 15) is 9.59 Å². The second-order valence-corrected chi connectivity index (χ2v) is 7.68. The average molecular weight is 418 g/mol. The Kier molecular flexibility index (Phi) is 5.86. The lowest BCUT2D eigenvalue weighted by atomic mass is 10.1. The van der Waals surface area contributed by atoms with Gasteiger partial charge in [0.15, 0.2) is 0 Å². The number of carbonyl (C=O) groups is 2. The second kappa shape index (κ2) is 8.73. The molecule has 0 saturated carbocycles. The number of morpholine rings is 1. The smallest absolute Gasteiger partial charge is 0.296 e. The lowest BCUT2D eigenvalue weighted by Gasteiger charge is -2.29. The minimum absolute atomic E-state index is 0.337. The number of rotatable bonds is 5. The fourth-order valence-corrected chi connectivity index (χ4v) is 3.89. The number of ether oxygens (including phenoxy) is 1. The molecule has 1 N–H and O–H groups in total. The molecule has 1 amide bonds. The number of para-hydroxylation sites is 1. The molecule has 7 nitrogen and oxygen atoms in total. The van der Waals surface area contributed by atoms with Gasteiger partial charge in [-0.25, -0.2) is 4.68 Å². The van der Waals surface area contributed by atoms with Crippen molar-refractivity contribution < 1.29 is 14.3 Å². The molecule has 1 saturated heterocycles. The highest BCUT2D eigenvalue weighted by atomic mass is 16.5. The molecule has 0 radical (unpaired) electrons. The summed E-state index contributed by atoms with van der Waals surface area (Å²) in [6, 6.07) is 15.4. The van der Waals surface area contributed by atoms with E-state index in [1.54, 1.807) is 18.5 Å². The number of hydrogen-bond acceptors (Lipinski definition) is 5. The number of hydrogen-bond donors (Lipinski definition) is 1. The van der Waals surface area contributed by atoms with Gasteiger partial charge >= 0.3 is 0 Å². The van der Waals surface area contributed by atoms with Crippen molar-refractivity contribution in [2.24, 2.45) is 0 Å². The van der Waals surface area contributed by atoms with Gasteiger partial charge in [0.1, 0.15) is 0 Å². The molecule has 1 fully saturated rings. The third-order valence-corrected chi connectivity index (χ3v) is 5.56. The molecule has 2 heterocycles. The Morgan fingerprint density at radius 1 is 0.968 bits per heavy atom. The molecule has 1 aliphatic rings. The number of aryl methyl sites for hydroxylation is 2. The molecule has 0 aliphatic carbocycles. The maximum atomic E-state index is 13.0. The third-order valence-electron chi connectivity index (χ3n) is 5.56. The van der Waals surface area contributed by atoms with Crippen molar-refractivity contribution in [3.05, 3.63) is 71.0 Å². The van der Waals surface area contributed by atoms with Crippen LogP contribution in [0.5, 0.6) is 0 Å². The van der Waals surface area contributed by atoms with E-state index in [1.807, 2.05) is 55.5 Å². The van der Waals surface area contributed by atoms with Crippen LogP contribution in [0.25, 0.3) is 5.69 Å². The highest BCUT2D eigenvalue weighted by molar-refractivity contribution is 6.47. The molecule has 31 heavy (non-hydrogen) atoms.